The molecule has 0 saturated heterocycles. The van der Waals surface area contributed by atoms with Gasteiger partial charge in [-0.25, -0.2) is 0 Å². The van der Waals surface area contributed by atoms with Crippen LogP contribution in [0.15, 0.2) is 36.5 Å². The fourth-order valence-corrected chi connectivity index (χ4v) is 2.48. The zero-order valence-corrected chi connectivity index (χ0v) is 10.4. The van der Waals surface area contributed by atoms with E-state index in [1.807, 2.05) is 43.5 Å². The molecule has 0 saturated carbocycles. The Labute approximate surface area is 106 Å². The SMILES string of the molecule is Cc1cccc(C(=O)n2ccc3c2CCNC3)c1. The van der Waals surface area contributed by atoms with E-state index in [1.54, 1.807) is 4.57 Å². The van der Waals surface area contributed by atoms with Gasteiger partial charge >= 0.3 is 0 Å². The van der Waals surface area contributed by atoms with Crippen molar-refractivity contribution in [1.29, 1.82) is 0 Å². The summed E-state index contributed by atoms with van der Waals surface area (Å²) in [5, 5.41) is 3.32. The number of hydrogen-bond donors (Lipinski definition) is 1. The molecule has 1 aromatic carbocycles. The highest BCUT2D eigenvalue weighted by Gasteiger charge is 2.18. The number of aromatic nitrogens is 1. The minimum Gasteiger partial charge on any atom is -0.312 e. The van der Waals surface area contributed by atoms with Crippen LogP contribution in [0.4, 0.5) is 0 Å². The van der Waals surface area contributed by atoms with Crippen molar-refractivity contribution >= 4 is 5.91 Å². The van der Waals surface area contributed by atoms with E-state index in [4.69, 9.17) is 0 Å². The van der Waals surface area contributed by atoms with Gasteiger partial charge in [0.25, 0.3) is 5.91 Å². The van der Waals surface area contributed by atoms with Crippen molar-refractivity contribution in [2.24, 2.45) is 0 Å². The molecule has 18 heavy (non-hydrogen) atoms. The molecule has 0 atom stereocenters. The number of benzene rings is 1. The monoisotopic (exact) mass is 240 g/mol. The number of rotatable bonds is 1. The van der Waals surface area contributed by atoms with Crippen LogP contribution < -0.4 is 5.32 Å². The summed E-state index contributed by atoms with van der Waals surface area (Å²) in [6, 6.07) is 9.79. The van der Waals surface area contributed by atoms with Crippen LogP contribution in [0.2, 0.25) is 0 Å². The number of hydrogen-bond acceptors (Lipinski definition) is 2. The van der Waals surface area contributed by atoms with Gasteiger partial charge in [-0.3, -0.25) is 9.36 Å². The van der Waals surface area contributed by atoms with Gasteiger partial charge in [-0.1, -0.05) is 17.7 Å². The molecule has 1 aromatic heterocycles. The zero-order chi connectivity index (χ0) is 12.5. The molecule has 3 heteroatoms. The predicted octanol–water partition coefficient (Wildman–Crippen LogP) is 2.13. The van der Waals surface area contributed by atoms with E-state index in [0.717, 1.165) is 36.3 Å². The topological polar surface area (TPSA) is 34.0 Å². The van der Waals surface area contributed by atoms with Gasteiger partial charge in [-0.05, 0) is 30.7 Å². The van der Waals surface area contributed by atoms with Crippen molar-refractivity contribution in [3.8, 4) is 0 Å². The maximum atomic E-state index is 12.5. The van der Waals surface area contributed by atoms with E-state index < -0.39 is 0 Å². The molecule has 3 nitrogen and oxygen atoms in total. The van der Waals surface area contributed by atoms with Gasteiger partial charge in [0.15, 0.2) is 0 Å². The Kier molecular flexibility index (Phi) is 2.76. The average Bonchev–Trinajstić information content (AvgIpc) is 2.82. The first-order chi connectivity index (χ1) is 8.75. The Hall–Kier alpha value is -1.87. The van der Waals surface area contributed by atoms with Crippen molar-refractivity contribution in [3.63, 3.8) is 0 Å². The number of carbonyl (C=O) groups excluding carboxylic acids is 1. The molecule has 92 valence electrons. The first-order valence-corrected chi connectivity index (χ1v) is 6.27. The third-order valence-electron chi connectivity index (χ3n) is 3.42. The molecule has 1 N–H and O–H groups in total. The molecule has 0 fully saturated rings. The second-order valence-electron chi connectivity index (χ2n) is 4.76. The minimum absolute atomic E-state index is 0.0712. The number of aryl methyl sites for hydroxylation is 1. The lowest BCUT2D eigenvalue weighted by Gasteiger charge is -2.16. The van der Waals surface area contributed by atoms with Crippen LogP contribution in [0.5, 0.6) is 0 Å². The fraction of sp³-hybridized carbons (Fsp3) is 0.267. The van der Waals surface area contributed by atoms with E-state index in [9.17, 15) is 4.79 Å². The van der Waals surface area contributed by atoms with Crippen LogP contribution in [0.3, 0.4) is 0 Å². The highest BCUT2D eigenvalue weighted by Crippen LogP contribution is 2.17. The summed E-state index contributed by atoms with van der Waals surface area (Å²) in [6.07, 6.45) is 2.81. The minimum atomic E-state index is 0.0712. The van der Waals surface area contributed by atoms with E-state index in [0.29, 0.717) is 0 Å². The van der Waals surface area contributed by atoms with Crippen LogP contribution in [-0.4, -0.2) is 17.0 Å². The highest BCUT2D eigenvalue weighted by atomic mass is 16.2. The molecule has 0 aliphatic carbocycles. The first kappa shape index (κ1) is 11.2. The lowest BCUT2D eigenvalue weighted by Crippen LogP contribution is -2.26. The van der Waals surface area contributed by atoms with Crippen LogP contribution in [0, 0.1) is 6.92 Å². The molecule has 0 spiro atoms. The maximum Gasteiger partial charge on any atom is 0.262 e. The summed E-state index contributed by atoms with van der Waals surface area (Å²) in [7, 11) is 0. The average molecular weight is 240 g/mol. The fourth-order valence-electron chi connectivity index (χ4n) is 2.48. The molecule has 0 unspecified atom stereocenters. The van der Waals surface area contributed by atoms with Crippen LogP contribution in [0.25, 0.3) is 0 Å². The van der Waals surface area contributed by atoms with Crippen LogP contribution >= 0.6 is 0 Å². The molecule has 0 amide bonds. The second kappa shape index (κ2) is 4.42. The largest absolute Gasteiger partial charge is 0.312 e. The van der Waals surface area contributed by atoms with Gasteiger partial charge in [0, 0.05) is 37.0 Å². The van der Waals surface area contributed by atoms with Crippen molar-refractivity contribution in [3.05, 3.63) is 58.9 Å². The number of fused-ring (bicyclic) bond motifs is 1. The highest BCUT2D eigenvalue weighted by molar-refractivity contribution is 5.96. The standard InChI is InChI=1S/C15H16N2O/c1-11-3-2-4-12(9-11)15(18)17-8-6-13-10-16-7-5-14(13)17/h2-4,6,8-9,16H,5,7,10H2,1H3. The Morgan fingerprint density at radius 3 is 3.06 bits per heavy atom. The Balaban J connectivity index is 2.00. The van der Waals surface area contributed by atoms with Gasteiger partial charge in [0.05, 0.1) is 0 Å². The quantitative estimate of drug-likeness (QED) is 0.828. The lowest BCUT2D eigenvalue weighted by molar-refractivity contribution is 0.0956. The van der Waals surface area contributed by atoms with E-state index in [2.05, 4.69) is 5.32 Å². The second-order valence-corrected chi connectivity index (χ2v) is 4.76. The van der Waals surface area contributed by atoms with Crippen molar-refractivity contribution in [2.45, 2.75) is 19.9 Å². The molecule has 2 heterocycles. The summed E-state index contributed by atoms with van der Waals surface area (Å²) < 4.78 is 1.80. The molecule has 1 aliphatic rings. The summed E-state index contributed by atoms with van der Waals surface area (Å²) >= 11 is 0. The third kappa shape index (κ3) is 1.87. The lowest BCUT2D eigenvalue weighted by atomic mass is 10.1. The van der Waals surface area contributed by atoms with Gasteiger partial charge in [-0.2, -0.15) is 0 Å². The van der Waals surface area contributed by atoms with E-state index in [1.165, 1.54) is 5.56 Å². The normalized spacial score (nSPS) is 14.3. The molecular weight excluding hydrogens is 224 g/mol. The Morgan fingerprint density at radius 2 is 2.22 bits per heavy atom. The third-order valence-corrected chi connectivity index (χ3v) is 3.42. The zero-order valence-electron chi connectivity index (χ0n) is 10.4. The van der Waals surface area contributed by atoms with Gasteiger partial charge in [-0.15, -0.1) is 0 Å². The smallest absolute Gasteiger partial charge is 0.262 e. The summed E-state index contributed by atoms with van der Waals surface area (Å²) in [6.45, 7) is 3.81. The molecule has 3 rings (SSSR count). The molecule has 2 aromatic rings. The predicted molar refractivity (Wildman–Crippen MR) is 70.8 cm³/mol. The first-order valence-electron chi connectivity index (χ1n) is 6.27. The summed E-state index contributed by atoms with van der Waals surface area (Å²) in [5.74, 6) is 0.0712. The number of nitrogens with one attached hydrogen (secondary N) is 1. The van der Waals surface area contributed by atoms with E-state index in [-0.39, 0.29) is 5.91 Å². The maximum absolute atomic E-state index is 12.5. The number of carbonyl (C=O) groups is 1. The van der Waals surface area contributed by atoms with Gasteiger partial charge < -0.3 is 5.32 Å². The summed E-state index contributed by atoms with van der Waals surface area (Å²) in [5.41, 5.74) is 4.26. The molecule has 0 radical (unpaired) electrons. The summed E-state index contributed by atoms with van der Waals surface area (Å²) in [4.78, 5) is 12.5. The molecule has 0 bridgehead atoms. The Morgan fingerprint density at radius 1 is 1.33 bits per heavy atom. The van der Waals surface area contributed by atoms with Crippen LogP contribution in [0.1, 0.15) is 27.2 Å². The van der Waals surface area contributed by atoms with E-state index >= 15 is 0 Å². The van der Waals surface area contributed by atoms with Gasteiger partial charge in [0.2, 0.25) is 0 Å². The van der Waals surface area contributed by atoms with Gasteiger partial charge in [0.1, 0.15) is 0 Å². The van der Waals surface area contributed by atoms with Crippen molar-refractivity contribution < 1.29 is 4.79 Å². The molecular formula is C15H16N2O. The molecule has 1 aliphatic heterocycles. The van der Waals surface area contributed by atoms with Crippen molar-refractivity contribution in [1.82, 2.24) is 9.88 Å². The number of nitrogens with zero attached hydrogens (tertiary/aromatic N) is 1. The van der Waals surface area contributed by atoms with Crippen molar-refractivity contribution in [2.75, 3.05) is 6.54 Å². The Bertz CT molecular complexity index is 598. The van der Waals surface area contributed by atoms with Crippen LogP contribution in [-0.2, 0) is 13.0 Å².